The number of aryl methyl sites for hydroxylation is 1. The molecule has 2 fully saturated rings. The number of urea groups is 1. The highest BCUT2D eigenvalue weighted by Gasteiger charge is 2.52. The Balaban J connectivity index is 0.00000541. The number of carboxylic acid groups (broad SMARTS) is 1. The number of benzene rings is 2. The van der Waals surface area contributed by atoms with Crippen molar-refractivity contribution >= 4 is 52.5 Å². The van der Waals surface area contributed by atoms with Crippen LogP contribution < -0.4 is 38.2 Å². The minimum atomic E-state index is -0.792. The number of carbonyl (C=O) groups excluding carboxylic acids is 2. The molecule has 2 aromatic carbocycles. The lowest BCUT2D eigenvalue weighted by molar-refractivity contribution is -0.887. The van der Waals surface area contributed by atoms with Crippen LogP contribution >= 0.6 is 23.2 Å². The smallest absolute Gasteiger partial charge is 0.362 e. The number of quaternary nitrogens is 1. The zero-order chi connectivity index (χ0) is 34.5. The van der Waals surface area contributed by atoms with Crippen LogP contribution in [0.25, 0.3) is 0 Å². The lowest BCUT2D eigenvalue weighted by atomic mass is 10.0. The Morgan fingerprint density at radius 3 is 2.14 bits per heavy atom. The summed E-state index contributed by atoms with van der Waals surface area (Å²) in [5.74, 6) is -0.657. The number of aliphatic carboxylic acids is 1. The molecule has 3 amide bonds. The van der Waals surface area contributed by atoms with Crippen molar-refractivity contribution in [1.29, 1.82) is 0 Å². The van der Waals surface area contributed by atoms with E-state index >= 15 is 0 Å². The monoisotopic (exact) mass is 736 g/mol. The number of amides is 3. The van der Waals surface area contributed by atoms with E-state index in [4.69, 9.17) is 23.2 Å². The topological polar surface area (TPSA) is 114 Å². The third-order valence-electron chi connectivity index (χ3n) is 9.84. The number of likely N-dealkylation sites (N-methyl/N-ethyl adjacent to an activating group) is 1. The van der Waals surface area contributed by atoms with E-state index in [-0.39, 0.29) is 24.3 Å². The molecule has 2 saturated carbocycles. The van der Waals surface area contributed by atoms with Gasteiger partial charge in [0.25, 0.3) is 0 Å². The van der Waals surface area contributed by atoms with Crippen molar-refractivity contribution in [2.24, 2.45) is 0 Å². The average Bonchev–Trinajstić information content (AvgIpc) is 3.98. The summed E-state index contributed by atoms with van der Waals surface area (Å²) < 4.78 is 0.374. The standard InChI is InChI=1S/C36H50Cl2N6O4.ClH/c1-44(2,3)32(33(45)46)13-7-9-19-40-35(48)39-18-8-6-10-25-22-29(38)26(23-28(25)37)24-41-36(16-17-36)34(47)43-21-20-42(27-14-15-27)30-11-4-5-12-31(30)43;/h4-5,11-12,22-23,27,32,41H,6-10,13-21,24H2,1-3H3,(H2-,39,40,45,46,48);1H/t32-;/m1./s1. The minimum Gasteiger partial charge on any atom is -1.00 e. The average molecular weight is 738 g/mol. The quantitative estimate of drug-likeness (QED) is 0.147. The molecule has 4 N–H and O–H groups in total. The van der Waals surface area contributed by atoms with Gasteiger partial charge in [0.2, 0.25) is 5.91 Å². The number of carboxylic acids is 1. The van der Waals surface area contributed by atoms with Crippen molar-refractivity contribution in [3.63, 3.8) is 0 Å². The summed E-state index contributed by atoms with van der Waals surface area (Å²) in [6, 6.07) is 12.0. The molecule has 1 heterocycles. The fraction of sp³-hybridized carbons (Fsp3) is 0.583. The largest absolute Gasteiger partial charge is 1.00 e. The fourth-order valence-corrected chi connectivity index (χ4v) is 7.18. The number of hydrogen-bond donors (Lipinski definition) is 4. The molecule has 10 nitrogen and oxygen atoms in total. The summed E-state index contributed by atoms with van der Waals surface area (Å²) in [7, 11) is 5.64. The van der Waals surface area contributed by atoms with Crippen LogP contribution in [0.1, 0.15) is 68.9 Å². The number of unbranched alkanes of at least 4 members (excludes halogenated alkanes) is 2. The molecule has 2 aliphatic carbocycles. The number of nitrogens with zero attached hydrogens (tertiary/aromatic N) is 3. The minimum absolute atomic E-state index is 0. The van der Waals surface area contributed by atoms with Crippen molar-refractivity contribution in [3.05, 3.63) is 57.6 Å². The van der Waals surface area contributed by atoms with E-state index in [1.165, 1.54) is 12.8 Å². The second-order valence-corrected chi connectivity index (χ2v) is 15.3. The lowest BCUT2D eigenvalue weighted by Gasteiger charge is -2.39. The van der Waals surface area contributed by atoms with Crippen LogP contribution in [0, 0.1) is 0 Å². The summed E-state index contributed by atoms with van der Waals surface area (Å²) in [6.45, 7) is 3.07. The van der Waals surface area contributed by atoms with Gasteiger partial charge in [0.15, 0.2) is 6.04 Å². The maximum atomic E-state index is 13.9. The Morgan fingerprint density at radius 1 is 0.918 bits per heavy atom. The number of hydrogen-bond acceptors (Lipinski definition) is 5. The van der Waals surface area contributed by atoms with Crippen molar-refractivity contribution < 1.29 is 36.4 Å². The second kappa shape index (κ2) is 17.0. The van der Waals surface area contributed by atoms with E-state index in [2.05, 4.69) is 39.0 Å². The molecular weight excluding hydrogens is 687 g/mol. The molecule has 3 aliphatic rings. The molecule has 1 atom stereocenters. The molecule has 0 unspecified atom stereocenters. The molecule has 2 aromatic rings. The van der Waals surface area contributed by atoms with Gasteiger partial charge in [0.05, 0.1) is 38.1 Å². The van der Waals surface area contributed by atoms with Gasteiger partial charge >= 0.3 is 12.0 Å². The van der Waals surface area contributed by atoms with Gasteiger partial charge in [0.1, 0.15) is 0 Å². The van der Waals surface area contributed by atoms with E-state index in [0.717, 1.165) is 74.0 Å². The van der Waals surface area contributed by atoms with Crippen molar-refractivity contribution in [1.82, 2.24) is 16.0 Å². The first kappa shape index (κ1) is 39.0. The number of anilines is 2. The van der Waals surface area contributed by atoms with Gasteiger partial charge in [-0.1, -0.05) is 35.3 Å². The van der Waals surface area contributed by atoms with Gasteiger partial charge in [-0.15, -0.1) is 0 Å². The maximum absolute atomic E-state index is 13.9. The van der Waals surface area contributed by atoms with Crippen LogP contribution in [0.5, 0.6) is 0 Å². The number of rotatable bonds is 17. The van der Waals surface area contributed by atoms with E-state index < -0.39 is 17.6 Å². The van der Waals surface area contributed by atoms with E-state index in [9.17, 15) is 19.5 Å². The van der Waals surface area contributed by atoms with E-state index in [1.54, 1.807) is 0 Å². The molecule has 0 spiro atoms. The zero-order valence-electron chi connectivity index (χ0n) is 28.9. The lowest BCUT2D eigenvalue weighted by Crippen LogP contribution is -3.00. The molecule has 0 aromatic heterocycles. The molecule has 1 aliphatic heterocycles. The van der Waals surface area contributed by atoms with Crippen molar-refractivity contribution in [3.8, 4) is 0 Å². The van der Waals surface area contributed by atoms with Crippen molar-refractivity contribution in [2.45, 2.75) is 88.4 Å². The van der Waals surface area contributed by atoms with Gasteiger partial charge in [-0.2, -0.15) is 0 Å². The molecular formula is C36H51Cl3N6O4. The van der Waals surface area contributed by atoms with Gasteiger partial charge in [0, 0.05) is 55.2 Å². The Bertz CT molecular complexity index is 1480. The van der Waals surface area contributed by atoms with Crippen LogP contribution in [-0.4, -0.2) is 92.4 Å². The van der Waals surface area contributed by atoms with E-state index in [0.29, 0.717) is 53.2 Å². The van der Waals surface area contributed by atoms with Crippen molar-refractivity contribution in [2.75, 3.05) is 57.1 Å². The van der Waals surface area contributed by atoms with E-state index in [1.807, 2.05) is 44.2 Å². The third kappa shape index (κ3) is 10.2. The van der Waals surface area contributed by atoms with Crippen LogP contribution in [0.15, 0.2) is 36.4 Å². The summed E-state index contributed by atoms with van der Waals surface area (Å²) in [4.78, 5) is 41.9. The SMILES string of the molecule is C[N+](C)(C)[C@H](CCCCNC(=O)NCCCCc1cc(Cl)c(CNC2(C(=O)N3CCN(C4CC4)c4ccccc43)CC2)cc1Cl)C(=O)O.[Cl-]. The number of halogens is 3. The number of carbonyl (C=O) groups is 3. The first-order valence-corrected chi connectivity index (χ1v) is 18.1. The predicted octanol–water partition coefficient (Wildman–Crippen LogP) is 2.59. The summed E-state index contributed by atoms with van der Waals surface area (Å²) in [5, 5.41) is 20.0. The highest BCUT2D eigenvalue weighted by Crippen LogP contribution is 2.44. The normalized spacial score (nSPS) is 17.1. The van der Waals surface area contributed by atoms with Crippen LogP contribution in [0.4, 0.5) is 16.2 Å². The van der Waals surface area contributed by atoms with Gasteiger partial charge in [-0.3, -0.25) is 10.1 Å². The highest BCUT2D eigenvalue weighted by atomic mass is 35.5. The molecule has 49 heavy (non-hydrogen) atoms. The summed E-state index contributed by atoms with van der Waals surface area (Å²) in [5.41, 5.74) is 3.44. The highest BCUT2D eigenvalue weighted by molar-refractivity contribution is 6.34. The Morgan fingerprint density at radius 2 is 1.53 bits per heavy atom. The molecule has 270 valence electrons. The number of para-hydroxylation sites is 2. The molecule has 5 rings (SSSR count). The zero-order valence-corrected chi connectivity index (χ0v) is 31.1. The molecule has 0 radical (unpaired) electrons. The third-order valence-corrected chi connectivity index (χ3v) is 10.5. The van der Waals surface area contributed by atoms with Gasteiger partial charge < -0.3 is 42.4 Å². The summed E-state index contributed by atoms with van der Waals surface area (Å²) in [6.07, 6.45) is 8.45. The molecule has 0 bridgehead atoms. The fourth-order valence-electron chi connectivity index (χ4n) is 6.64. The van der Waals surface area contributed by atoms with Gasteiger partial charge in [-0.05, 0) is 93.2 Å². The maximum Gasteiger partial charge on any atom is 0.362 e. The number of nitrogens with one attached hydrogen (secondary N) is 3. The Hall–Kier alpha value is -2.76. The predicted molar refractivity (Wildman–Crippen MR) is 192 cm³/mol. The van der Waals surface area contributed by atoms with Crippen LogP contribution in [0.3, 0.4) is 0 Å². The first-order valence-electron chi connectivity index (χ1n) is 17.3. The Labute approximate surface area is 306 Å². The first-order chi connectivity index (χ1) is 22.9. The molecule has 0 saturated heterocycles. The van der Waals surface area contributed by atoms with Crippen LogP contribution in [0.2, 0.25) is 10.0 Å². The molecule has 13 heteroatoms. The Kier molecular flexibility index (Phi) is 13.5. The van der Waals surface area contributed by atoms with Gasteiger partial charge in [-0.25, -0.2) is 9.59 Å². The van der Waals surface area contributed by atoms with Crippen LogP contribution in [-0.2, 0) is 22.6 Å². The second-order valence-electron chi connectivity index (χ2n) is 14.4. The number of fused-ring (bicyclic) bond motifs is 1. The summed E-state index contributed by atoms with van der Waals surface area (Å²) >= 11 is 13.4.